The molecule has 0 unspecified atom stereocenters. The molecular formula is C27H37NO5. The van der Waals surface area contributed by atoms with Crippen LogP contribution in [-0.4, -0.2) is 58.4 Å². The van der Waals surface area contributed by atoms with E-state index >= 15 is 0 Å². The van der Waals surface area contributed by atoms with Gasteiger partial charge in [0, 0.05) is 36.9 Å². The van der Waals surface area contributed by atoms with Gasteiger partial charge in [0.1, 0.15) is 6.10 Å². The molecule has 180 valence electrons. The number of hydrogen-bond acceptors (Lipinski definition) is 5. The summed E-state index contributed by atoms with van der Waals surface area (Å²) in [6.45, 7) is 4.47. The van der Waals surface area contributed by atoms with Gasteiger partial charge < -0.3 is 19.8 Å². The van der Waals surface area contributed by atoms with Crippen molar-refractivity contribution in [1.29, 1.82) is 0 Å². The fourth-order valence-electron chi connectivity index (χ4n) is 8.26. The maximum Gasteiger partial charge on any atom is 0.306 e. The number of hydrogen-bond donors (Lipinski definition) is 2. The highest BCUT2D eigenvalue weighted by molar-refractivity contribution is 5.94. The molecule has 0 aromatic heterocycles. The number of esters is 1. The van der Waals surface area contributed by atoms with E-state index < -0.39 is 12.2 Å². The average Bonchev–Trinajstić information content (AvgIpc) is 3.09. The second-order valence-electron chi connectivity index (χ2n) is 11.6. The summed E-state index contributed by atoms with van der Waals surface area (Å²) in [6, 6.07) is 9.60. The molecule has 9 atom stereocenters. The van der Waals surface area contributed by atoms with Gasteiger partial charge >= 0.3 is 5.97 Å². The molecule has 3 saturated carbocycles. The molecule has 1 aliphatic heterocycles. The number of ether oxygens (including phenoxy) is 1. The quantitative estimate of drug-likeness (QED) is 0.668. The van der Waals surface area contributed by atoms with E-state index in [1.165, 1.54) is 0 Å². The van der Waals surface area contributed by atoms with Crippen LogP contribution in [0.3, 0.4) is 0 Å². The maximum atomic E-state index is 13.2. The standard InChI is InChI=1S/C27H37NO5/c1-26-12-11-19-17(13-24(31)33-23-14-20(29)21(30)15-27(19,23)2)18(26)9-10-22(26)28(3)25(32)16-7-5-4-6-8-16/h4-8,17-23,29-30H,9-15H2,1-3H3/t17-,18-,19-,20-,21+,22-,23-,26-,27+/m0/s1. The zero-order valence-corrected chi connectivity index (χ0v) is 19.9. The highest BCUT2D eigenvalue weighted by atomic mass is 16.5. The Labute approximate surface area is 196 Å². The lowest BCUT2D eigenvalue weighted by atomic mass is 9.50. The molecule has 1 saturated heterocycles. The van der Waals surface area contributed by atoms with E-state index in [1.807, 2.05) is 42.3 Å². The second kappa shape index (κ2) is 8.09. The summed E-state index contributed by atoms with van der Waals surface area (Å²) in [5.41, 5.74) is 0.327. The number of aliphatic hydroxyl groups is 2. The minimum Gasteiger partial charge on any atom is -0.462 e. The van der Waals surface area contributed by atoms with Crippen molar-refractivity contribution in [3.05, 3.63) is 35.9 Å². The maximum absolute atomic E-state index is 13.2. The summed E-state index contributed by atoms with van der Waals surface area (Å²) in [7, 11) is 1.93. The highest BCUT2D eigenvalue weighted by Crippen LogP contribution is 2.64. The second-order valence-corrected chi connectivity index (χ2v) is 11.6. The van der Waals surface area contributed by atoms with Crippen LogP contribution in [-0.2, 0) is 9.53 Å². The van der Waals surface area contributed by atoms with Crippen LogP contribution in [0.2, 0.25) is 0 Å². The number of amides is 1. The van der Waals surface area contributed by atoms with Gasteiger partial charge in [-0.3, -0.25) is 9.59 Å². The summed E-state index contributed by atoms with van der Waals surface area (Å²) in [5, 5.41) is 20.8. The molecule has 6 nitrogen and oxygen atoms in total. The first-order valence-electron chi connectivity index (χ1n) is 12.5. The molecule has 33 heavy (non-hydrogen) atoms. The number of aliphatic hydroxyl groups excluding tert-OH is 2. The molecule has 5 rings (SSSR count). The Morgan fingerprint density at radius 1 is 1.03 bits per heavy atom. The lowest BCUT2D eigenvalue weighted by molar-refractivity contribution is -0.174. The van der Waals surface area contributed by atoms with Crippen molar-refractivity contribution in [2.24, 2.45) is 28.6 Å². The normalized spacial score (nSPS) is 44.6. The Morgan fingerprint density at radius 2 is 1.73 bits per heavy atom. The molecule has 3 aliphatic carbocycles. The van der Waals surface area contributed by atoms with Crippen LogP contribution < -0.4 is 0 Å². The van der Waals surface area contributed by atoms with Crippen LogP contribution in [0.4, 0.5) is 0 Å². The number of nitrogens with zero attached hydrogens (tertiary/aromatic N) is 1. The summed E-state index contributed by atoms with van der Waals surface area (Å²) < 4.78 is 5.91. The van der Waals surface area contributed by atoms with Crippen LogP contribution in [0, 0.1) is 28.6 Å². The van der Waals surface area contributed by atoms with E-state index in [-0.39, 0.29) is 46.7 Å². The highest BCUT2D eigenvalue weighted by Gasteiger charge is 2.62. The van der Waals surface area contributed by atoms with E-state index in [0.29, 0.717) is 30.7 Å². The Hall–Kier alpha value is -1.92. The third-order valence-corrected chi connectivity index (χ3v) is 10.0. The monoisotopic (exact) mass is 455 g/mol. The minimum atomic E-state index is -0.838. The molecular weight excluding hydrogens is 418 g/mol. The van der Waals surface area contributed by atoms with E-state index in [1.54, 1.807) is 0 Å². The third kappa shape index (κ3) is 3.52. The predicted molar refractivity (Wildman–Crippen MR) is 123 cm³/mol. The molecule has 1 aromatic carbocycles. The molecule has 1 aromatic rings. The number of fused-ring (bicyclic) bond motifs is 5. The van der Waals surface area contributed by atoms with E-state index in [9.17, 15) is 19.8 Å². The molecule has 0 bridgehead atoms. The van der Waals surface area contributed by atoms with Gasteiger partial charge in [0.25, 0.3) is 5.91 Å². The lowest BCUT2D eigenvalue weighted by Crippen LogP contribution is -2.56. The van der Waals surface area contributed by atoms with Gasteiger partial charge in [-0.1, -0.05) is 32.0 Å². The first-order chi connectivity index (χ1) is 15.6. The summed E-state index contributed by atoms with van der Waals surface area (Å²) in [5.74, 6) is 0.659. The molecule has 2 N–H and O–H groups in total. The van der Waals surface area contributed by atoms with Gasteiger partial charge in [-0.15, -0.1) is 0 Å². The SMILES string of the molecule is CN(C(=O)c1ccccc1)[C@H]1CC[C@H]2[C@@H]3CC(=O)O[C@H]4C[C@H](O)[C@H](O)C[C@]4(C)[C@H]3CC[C@]12C. The number of rotatable bonds is 2. The smallest absolute Gasteiger partial charge is 0.306 e. The number of carbonyl (C=O) groups is 2. The van der Waals surface area contributed by atoms with Crippen LogP contribution in [0.5, 0.6) is 0 Å². The molecule has 1 amide bonds. The first kappa shape index (κ1) is 22.9. The summed E-state index contributed by atoms with van der Waals surface area (Å²) in [4.78, 5) is 28.1. The molecule has 0 spiro atoms. The Kier molecular flexibility index (Phi) is 5.60. The van der Waals surface area contributed by atoms with Crippen LogP contribution in [0.1, 0.15) is 69.2 Å². The van der Waals surface area contributed by atoms with Crippen molar-refractivity contribution in [2.75, 3.05) is 7.05 Å². The minimum absolute atomic E-state index is 0.0520. The van der Waals surface area contributed by atoms with Crippen LogP contribution >= 0.6 is 0 Å². The van der Waals surface area contributed by atoms with Gasteiger partial charge in [0.05, 0.1) is 12.2 Å². The van der Waals surface area contributed by atoms with Crippen LogP contribution in [0.25, 0.3) is 0 Å². The number of benzene rings is 1. The zero-order chi connectivity index (χ0) is 23.5. The summed E-state index contributed by atoms with van der Waals surface area (Å²) in [6.07, 6.45) is 3.09. The van der Waals surface area contributed by atoms with E-state index in [0.717, 1.165) is 25.7 Å². The first-order valence-corrected chi connectivity index (χ1v) is 12.5. The van der Waals surface area contributed by atoms with Gasteiger partial charge in [-0.25, -0.2) is 0 Å². The van der Waals surface area contributed by atoms with Crippen molar-refractivity contribution in [3.63, 3.8) is 0 Å². The Bertz CT molecular complexity index is 920. The Morgan fingerprint density at radius 3 is 2.45 bits per heavy atom. The Balaban J connectivity index is 1.43. The van der Waals surface area contributed by atoms with Gasteiger partial charge in [-0.2, -0.15) is 0 Å². The fourth-order valence-corrected chi connectivity index (χ4v) is 8.26. The molecule has 4 aliphatic rings. The third-order valence-electron chi connectivity index (χ3n) is 10.0. The zero-order valence-electron chi connectivity index (χ0n) is 19.9. The molecule has 6 heteroatoms. The van der Waals surface area contributed by atoms with Gasteiger partial charge in [-0.05, 0) is 67.4 Å². The van der Waals surface area contributed by atoms with Crippen molar-refractivity contribution in [1.82, 2.24) is 4.90 Å². The van der Waals surface area contributed by atoms with E-state index in [2.05, 4.69) is 13.8 Å². The number of carbonyl (C=O) groups excluding carboxylic acids is 2. The molecule has 1 heterocycles. The van der Waals surface area contributed by atoms with E-state index in [4.69, 9.17) is 4.74 Å². The predicted octanol–water partition coefficient (Wildman–Crippen LogP) is 3.41. The van der Waals surface area contributed by atoms with Crippen molar-refractivity contribution >= 4 is 11.9 Å². The van der Waals surface area contributed by atoms with Crippen molar-refractivity contribution < 1.29 is 24.5 Å². The molecule has 0 radical (unpaired) electrons. The largest absolute Gasteiger partial charge is 0.462 e. The summed E-state index contributed by atoms with van der Waals surface area (Å²) >= 11 is 0. The topological polar surface area (TPSA) is 87.1 Å². The molecule has 4 fully saturated rings. The van der Waals surface area contributed by atoms with Crippen molar-refractivity contribution in [2.45, 2.75) is 83.1 Å². The lowest BCUT2D eigenvalue weighted by Gasteiger charge is -2.56. The average molecular weight is 456 g/mol. The van der Waals surface area contributed by atoms with Gasteiger partial charge in [0.2, 0.25) is 0 Å². The van der Waals surface area contributed by atoms with Crippen LogP contribution in [0.15, 0.2) is 30.3 Å². The van der Waals surface area contributed by atoms with Gasteiger partial charge in [0.15, 0.2) is 0 Å². The fraction of sp³-hybridized carbons (Fsp3) is 0.704. The van der Waals surface area contributed by atoms with Crippen molar-refractivity contribution in [3.8, 4) is 0 Å².